The van der Waals surface area contributed by atoms with Gasteiger partial charge in [0.05, 0.1) is 0 Å². The highest BCUT2D eigenvalue weighted by atomic mass is 16.1. The van der Waals surface area contributed by atoms with Crippen LogP contribution in [-0.2, 0) is 0 Å². The van der Waals surface area contributed by atoms with Crippen molar-refractivity contribution in [2.75, 3.05) is 6.54 Å². The van der Waals surface area contributed by atoms with Crippen LogP contribution >= 0.6 is 0 Å². The fourth-order valence-electron chi connectivity index (χ4n) is 0.805. The van der Waals surface area contributed by atoms with Gasteiger partial charge in [-0.25, -0.2) is 0 Å². The smallest absolute Gasteiger partial charge is 0.251 e. The molecule has 0 aromatic heterocycles. The lowest BCUT2D eigenvalue weighted by atomic mass is 10.2. The molecule has 0 aliphatic rings. The van der Waals surface area contributed by atoms with Crippen LogP contribution < -0.4 is 5.32 Å². The van der Waals surface area contributed by atoms with E-state index in [1.165, 1.54) is 0 Å². The van der Waals surface area contributed by atoms with Crippen molar-refractivity contribution in [2.24, 2.45) is 0 Å². The predicted octanol–water partition coefficient (Wildman–Crippen LogP) is 1.40. The lowest BCUT2D eigenvalue weighted by molar-refractivity contribution is 0.0958. The second-order valence-corrected chi connectivity index (χ2v) is 2.29. The van der Waals surface area contributed by atoms with Crippen molar-refractivity contribution in [1.82, 2.24) is 5.32 Å². The predicted molar refractivity (Wildman–Crippen MR) is 47.8 cm³/mol. The van der Waals surface area contributed by atoms with Gasteiger partial charge >= 0.3 is 0 Å². The zero-order chi connectivity index (χ0) is 8.81. The van der Waals surface area contributed by atoms with Gasteiger partial charge in [0.1, 0.15) is 0 Å². The Balaban J connectivity index is 2.59. The average molecular weight is 160 g/mol. The van der Waals surface area contributed by atoms with Crippen LogP contribution in [0.3, 0.4) is 0 Å². The molecule has 2 heteroatoms. The quantitative estimate of drug-likeness (QED) is 0.665. The minimum absolute atomic E-state index is 0.0797. The Bertz CT molecular complexity index is 266. The number of carbonyl (C=O) groups is 1. The number of hydrogen-bond donors (Lipinski definition) is 1. The van der Waals surface area contributed by atoms with Crippen LogP contribution in [0.25, 0.3) is 0 Å². The molecule has 1 radical (unpaired) electrons. The molecule has 1 N–H and O–H groups in total. The summed E-state index contributed by atoms with van der Waals surface area (Å²) in [5, 5.41) is 2.68. The SMILES string of the molecule is C=CCNC(=O)c1cc[c]cc1. The first-order valence-electron chi connectivity index (χ1n) is 3.70. The Labute approximate surface area is 71.9 Å². The number of carbonyl (C=O) groups excluding carboxylic acids is 1. The summed E-state index contributed by atoms with van der Waals surface area (Å²) in [4.78, 5) is 11.2. The van der Waals surface area contributed by atoms with E-state index in [1.807, 2.05) is 0 Å². The molecule has 12 heavy (non-hydrogen) atoms. The Hall–Kier alpha value is -1.57. The molecule has 1 amide bonds. The van der Waals surface area contributed by atoms with E-state index in [-0.39, 0.29) is 5.91 Å². The molecule has 0 spiro atoms. The number of hydrogen-bond acceptors (Lipinski definition) is 1. The minimum atomic E-state index is -0.0797. The third-order valence-electron chi connectivity index (χ3n) is 1.39. The highest BCUT2D eigenvalue weighted by Gasteiger charge is 2.00. The van der Waals surface area contributed by atoms with Gasteiger partial charge < -0.3 is 5.32 Å². The van der Waals surface area contributed by atoms with E-state index in [2.05, 4.69) is 18.0 Å². The zero-order valence-electron chi connectivity index (χ0n) is 6.71. The summed E-state index contributed by atoms with van der Waals surface area (Å²) in [5.41, 5.74) is 0.649. The van der Waals surface area contributed by atoms with Gasteiger partial charge in [-0.15, -0.1) is 6.58 Å². The standard InChI is InChI=1S/C10H10NO/c1-2-8-11-10(12)9-6-4-3-5-7-9/h2,4-7H,1,8H2,(H,11,12). The highest BCUT2D eigenvalue weighted by molar-refractivity contribution is 5.94. The van der Waals surface area contributed by atoms with Crippen molar-refractivity contribution >= 4 is 5.91 Å². The normalized spacial score (nSPS) is 9.00. The molecule has 1 aromatic rings. The summed E-state index contributed by atoms with van der Waals surface area (Å²) in [5.74, 6) is -0.0797. The maximum atomic E-state index is 11.2. The van der Waals surface area contributed by atoms with Crippen LogP contribution in [0.1, 0.15) is 10.4 Å². The maximum Gasteiger partial charge on any atom is 0.251 e. The molecule has 2 nitrogen and oxygen atoms in total. The third kappa shape index (κ3) is 2.23. The van der Waals surface area contributed by atoms with Crippen LogP contribution in [0.5, 0.6) is 0 Å². The molecule has 0 saturated heterocycles. The second-order valence-electron chi connectivity index (χ2n) is 2.29. The Morgan fingerprint density at radius 2 is 2.25 bits per heavy atom. The van der Waals surface area contributed by atoms with Crippen molar-refractivity contribution < 1.29 is 4.79 Å². The molecule has 61 valence electrons. The molecule has 0 atom stereocenters. The first-order valence-corrected chi connectivity index (χ1v) is 3.70. The molecule has 0 saturated carbocycles. The number of benzene rings is 1. The highest BCUT2D eigenvalue weighted by Crippen LogP contribution is 1.96. The van der Waals surface area contributed by atoms with Crippen LogP contribution in [0.4, 0.5) is 0 Å². The van der Waals surface area contributed by atoms with E-state index in [1.54, 1.807) is 30.3 Å². The van der Waals surface area contributed by atoms with E-state index in [0.29, 0.717) is 12.1 Å². The van der Waals surface area contributed by atoms with Crippen LogP contribution in [0.15, 0.2) is 36.9 Å². The first-order chi connectivity index (χ1) is 5.84. The van der Waals surface area contributed by atoms with Gasteiger partial charge in [-0.3, -0.25) is 4.79 Å². The van der Waals surface area contributed by atoms with Crippen LogP contribution in [0.2, 0.25) is 0 Å². The van der Waals surface area contributed by atoms with Crippen molar-refractivity contribution in [2.45, 2.75) is 0 Å². The van der Waals surface area contributed by atoms with Crippen molar-refractivity contribution in [1.29, 1.82) is 0 Å². The van der Waals surface area contributed by atoms with Crippen molar-refractivity contribution in [3.05, 3.63) is 48.6 Å². The van der Waals surface area contributed by atoms with Crippen LogP contribution in [0, 0.1) is 6.07 Å². The fourth-order valence-corrected chi connectivity index (χ4v) is 0.805. The lowest BCUT2D eigenvalue weighted by Crippen LogP contribution is -2.22. The van der Waals surface area contributed by atoms with Crippen molar-refractivity contribution in [3.8, 4) is 0 Å². The molecule has 1 aromatic carbocycles. The number of nitrogens with one attached hydrogen (secondary N) is 1. The summed E-state index contributed by atoms with van der Waals surface area (Å²) in [7, 11) is 0. The lowest BCUT2D eigenvalue weighted by Gasteiger charge is -2.00. The molecular weight excluding hydrogens is 150 g/mol. The van der Waals surface area contributed by atoms with Gasteiger partial charge in [0, 0.05) is 12.1 Å². The van der Waals surface area contributed by atoms with Gasteiger partial charge in [-0.1, -0.05) is 18.2 Å². The first kappa shape index (κ1) is 8.53. The molecule has 0 aliphatic carbocycles. The summed E-state index contributed by atoms with van der Waals surface area (Å²) >= 11 is 0. The topological polar surface area (TPSA) is 29.1 Å². The minimum Gasteiger partial charge on any atom is -0.349 e. The summed E-state index contributed by atoms with van der Waals surface area (Å²) in [6, 6.07) is 9.71. The Morgan fingerprint density at radius 1 is 1.58 bits per heavy atom. The summed E-state index contributed by atoms with van der Waals surface area (Å²) in [6.07, 6.45) is 1.65. The van der Waals surface area contributed by atoms with Gasteiger partial charge in [0.2, 0.25) is 0 Å². The van der Waals surface area contributed by atoms with Gasteiger partial charge in [-0.05, 0) is 18.2 Å². The Kier molecular flexibility index (Phi) is 3.08. The Morgan fingerprint density at radius 3 is 2.83 bits per heavy atom. The van der Waals surface area contributed by atoms with Crippen LogP contribution in [-0.4, -0.2) is 12.5 Å². The summed E-state index contributed by atoms with van der Waals surface area (Å²) < 4.78 is 0. The monoisotopic (exact) mass is 160 g/mol. The third-order valence-corrected chi connectivity index (χ3v) is 1.39. The van der Waals surface area contributed by atoms with Crippen molar-refractivity contribution in [3.63, 3.8) is 0 Å². The summed E-state index contributed by atoms with van der Waals surface area (Å²) in [6.45, 7) is 4.00. The number of amides is 1. The van der Waals surface area contributed by atoms with E-state index in [4.69, 9.17) is 0 Å². The average Bonchev–Trinajstić information content (AvgIpc) is 2.15. The fraction of sp³-hybridized carbons (Fsp3) is 0.100. The largest absolute Gasteiger partial charge is 0.349 e. The van der Waals surface area contributed by atoms with E-state index < -0.39 is 0 Å². The van der Waals surface area contributed by atoms with E-state index in [9.17, 15) is 4.79 Å². The van der Waals surface area contributed by atoms with E-state index >= 15 is 0 Å². The molecule has 0 unspecified atom stereocenters. The van der Waals surface area contributed by atoms with Gasteiger partial charge in [0.25, 0.3) is 5.91 Å². The van der Waals surface area contributed by atoms with E-state index in [0.717, 1.165) is 0 Å². The number of rotatable bonds is 3. The molecular formula is C10H10NO. The molecule has 0 fully saturated rings. The molecule has 0 heterocycles. The maximum absolute atomic E-state index is 11.2. The van der Waals surface area contributed by atoms with Gasteiger partial charge in [0.15, 0.2) is 0 Å². The zero-order valence-corrected chi connectivity index (χ0v) is 6.71. The van der Waals surface area contributed by atoms with Gasteiger partial charge in [-0.2, -0.15) is 0 Å². The molecule has 1 rings (SSSR count). The molecule has 0 aliphatic heterocycles. The molecule has 0 bridgehead atoms. The second kappa shape index (κ2) is 4.34.